The summed E-state index contributed by atoms with van der Waals surface area (Å²) in [6.45, 7) is -0.589. The second-order valence-corrected chi connectivity index (χ2v) is 4.11. The summed E-state index contributed by atoms with van der Waals surface area (Å²) < 4.78 is 59.2. The van der Waals surface area contributed by atoms with Crippen LogP contribution in [-0.2, 0) is 14.3 Å². The Morgan fingerprint density at radius 1 is 1.14 bits per heavy atom. The maximum atomic E-state index is 11.7. The van der Waals surface area contributed by atoms with Crippen LogP contribution >= 0.6 is 0 Å². The molecule has 0 aromatic heterocycles. The molecule has 0 fully saturated rings. The molecule has 0 radical (unpaired) electrons. The first kappa shape index (κ1) is 13.7. The van der Waals surface area contributed by atoms with E-state index in [4.69, 9.17) is 5.11 Å². The summed E-state index contributed by atoms with van der Waals surface area (Å²) in [6.07, 6.45) is 0.995. The minimum atomic E-state index is -5.45. The lowest BCUT2D eigenvalue weighted by atomic mass is 10.2. The van der Waals surface area contributed by atoms with Crippen molar-refractivity contribution in [3.63, 3.8) is 0 Å². The normalized spacial score (nSPS) is 13.1. The zero-order valence-electron chi connectivity index (χ0n) is 7.25. The average molecular weight is 236 g/mol. The zero-order valence-corrected chi connectivity index (χ0v) is 8.07. The van der Waals surface area contributed by atoms with Gasteiger partial charge in [-0.2, -0.15) is 21.6 Å². The van der Waals surface area contributed by atoms with Crippen molar-refractivity contribution in [3.05, 3.63) is 0 Å². The van der Waals surface area contributed by atoms with E-state index in [0.717, 1.165) is 0 Å². The summed E-state index contributed by atoms with van der Waals surface area (Å²) in [5.74, 6) is 0. The Hall–Kier alpha value is -0.340. The fourth-order valence-electron chi connectivity index (χ4n) is 0.626. The van der Waals surface area contributed by atoms with Crippen molar-refractivity contribution in [2.45, 2.75) is 24.8 Å². The maximum Gasteiger partial charge on any atom is 0.523 e. The molecule has 0 rings (SSSR count). The highest BCUT2D eigenvalue weighted by Crippen LogP contribution is 2.24. The van der Waals surface area contributed by atoms with E-state index < -0.39 is 22.2 Å². The lowest BCUT2D eigenvalue weighted by Crippen LogP contribution is -2.25. The highest BCUT2D eigenvalue weighted by molar-refractivity contribution is 7.87. The van der Waals surface area contributed by atoms with E-state index in [-0.39, 0.29) is 13.0 Å². The average Bonchev–Trinajstić information content (AvgIpc) is 2.02. The van der Waals surface area contributed by atoms with Crippen molar-refractivity contribution in [3.8, 4) is 0 Å². The molecule has 4 nitrogen and oxygen atoms in total. The van der Waals surface area contributed by atoms with Crippen molar-refractivity contribution < 1.29 is 30.9 Å². The molecule has 0 aromatic rings. The molecule has 0 aromatic carbocycles. The summed E-state index contributed by atoms with van der Waals surface area (Å²) in [5.41, 5.74) is -5.36. The monoisotopic (exact) mass is 236 g/mol. The van der Waals surface area contributed by atoms with Gasteiger partial charge >= 0.3 is 15.6 Å². The largest absolute Gasteiger partial charge is 0.523 e. The summed E-state index contributed by atoms with van der Waals surface area (Å²) >= 11 is 0. The molecule has 0 amide bonds. The lowest BCUT2D eigenvalue weighted by molar-refractivity contribution is -0.0543. The Labute approximate surface area is 79.8 Å². The minimum absolute atomic E-state index is 0.0774. The van der Waals surface area contributed by atoms with E-state index in [0.29, 0.717) is 12.8 Å². The van der Waals surface area contributed by atoms with Gasteiger partial charge in [0, 0.05) is 6.61 Å². The van der Waals surface area contributed by atoms with Crippen LogP contribution in [-0.4, -0.2) is 32.2 Å². The van der Waals surface area contributed by atoms with E-state index in [1.54, 1.807) is 0 Å². The molecule has 0 heterocycles. The summed E-state index contributed by atoms with van der Waals surface area (Å²) in [5, 5.41) is 8.32. The van der Waals surface area contributed by atoms with Gasteiger partial charge < -0.3 is 5.11 Å². The Morgan fingerprint density at radius 3 is 2.14 bits per heavy atom. The molecule has 0 aliphatic rings. The van der Waals surface area contributed by atoms with Gasteiger partial charge in [0.15, 0.2) is 0 Å². The first-order valence-electron chi connectivity index (χ1n) is 3.88. The highest BCUT2D eigenvalue weighted by Gasteiger charge is 2.47. The topological polar surface area (TPSA) is 63.6 Å². The van der Waals surface area contributed by atoms with Crippen molar-refractivity contribution in [1.29, 1.82) is 0 Å². The van der Waals surface area contributed by atoms with Gasteiger partial charge in [-0.1, -0.05) is 0 Å². The van der Waals surface area contributed by atoms with Gasteiger partial charge in [0.05, 0.1) is 6.61 Å². The van der Waals surface area contributed by atoms with Crippen molar-refractivity contribution in [1.82, 2.24) is 0 Å². The Balaban J connectivity index is 3.80. The maximum absolute atomic E-state index is 11.7. The van der Waals surface area contributed by atoms with Crippen LogP contribution in [0.3, 0.4) is 0 Å². The SMILES string of the molecule is O=S(=O)(OCCCCCO)C(F)(F)F. The molecule has 0 aliphatic heterocycles. The van der Waals surface area contributed by atoms with Gasteiger partial charge in [0.25, 0.3) is 0 Å². The third kappa shape index (κ3) is 4.77. The van der Waals surface area contributed by atoms with Crippen LogP contribution in [0, 0.1) is 0 Å². The van der Waals surface area contributed by atoms with Gasteiger partial charge in [-0.15, -0.1) is 0 Å². The second kappa shape index (κ2) is 5.52. The van der Waals surface area contributed by atoms with E-state index >= 15 is 0 Å². The van der Waals surface area contributed by atoms with Crippen molar-refractivity contribution >= 4 is 10.1 Å². The first-order valence-corrected chi connectivity index (χ1v) is 5.28. The molecule has 0 aliphatic carbocycles. The molecule has 8 heteroatoms. The third-order valence-electron chi connectivity index (χ3n) is 1.32. The fourth-order valence-corrected chi connectivity index (χ4v) is 1.10. The molecule has 14 heavy (non-hydrogen) atoms. The van der Waals surface area contributed by atoms with Crippen LogP contribution in [0.25, 0.3) is 0 Å². The smallest absolute Gasteiger partial charge is 0.396 e. The Kier molecular flexibility index (Phi) is 5.38. The van der Waals surface area contributed by atoms with Gasteiger partial charge in [-0.25, -0.2) is 0 Å². The number of halogens is 3. The summed E-state index contributed by atoms with van der Waals surface area (Å²) in [6, 6.07) is 0. The van der Waals surface area contributed by atoms with E-state index in [1.807, 2.05) is 0 Å². The molecule has 0 saturated heterocycles. The van der Waals surface area contributed by atoms with Crippen LogP contribution in [0.2, 0.25) is 0 Å². The number of hydrogen-bond donors (Lipinski definition) is 1. The standard InChI is InChI=1S/C6H11F3O4S/c7-6(8,9)14(11,12)13-5-3-1-2-4-10/h10H,1-5H2. The molecule has 0 saturated carbocycles. The highest BCUT2D eigenvalue weighted by atomic mass is 32.2. The molecular weight excluding hydrogens is 225 g/mol. The number of alkyl halides is 3. The molecule has 0 unspecified atom stereocenters. The van der Waals surface area contributed by atoms with Crippen LogP contribution in [0.15, 0.2) is 0 Å². The minimum Gasteiger partial charge on any atom is -0.396 e. The lowest BCUT2D eigenvalue weighted by Gasteiger charge is -2.07. The van der Waals surface area contributed by atoms with Gasteiger partial charge in [0.1, 0.15) is 0 Å². The zero-order chi connectivity index (χ0) is 11.2. The number of hydrogen-bond acceptors (Lipinski definition) is 4. The molecule has 86 valence electrons. The van der Waals surface area contributed by atoms with Crippen molar-refractivity contribution in [2.75, 3.05) is 13.2 Å². The predicted molar refractivity (Wildman–Crippen MR) is 41.9 cm³/mol. The van der Waals surface area contributed by atoms with E-state index in [2.05, 4.69) is 4.18 Å². The van der Waals surface area contributed by atoms with Gasteiger partial charge in [0.2, 0.25) is 0 Å². The predicted octanol–water partition coefficient (Wildman–Crippen LogP) is 1.02. The van der Waals surface area contributed by atoms with E-state index in [9.17, 15) is 21.6 Å². The number of rotatable bonds is 6. The second-order valence-electron chi connectivity index (χ2n) is 2.51. The molecule has 0 bridgehead atoms. The molecule has 0 atom stereocenters. The number of unbranched alkanes of at least 4 members (excludes halogenated alkanes) is 2. The molecular formula is C6H11F3O4S. The van der Waals surface area contributed by atoms with E-state index in [1.165, 1.54) is 0 Å². The Morgan fingerprint density at radius 2 is 1.71 bits per heavy atom. The van der Waals surface area contributed by atoms with Crippen LogP contribution in [0.4, 0.5) is 13.2 Å². The number of aliphatic hydroxyl groups is 1. The molecule has 1 N–H and O–H groups in total. The van der Waals surface area contributed by atoms with Gasteiger partial charge in [-0.3, -0.25) is 4.18 Å². The third-order valence-corrected chi connectivity index (χ3v) is 2.37. The Bertz CT molecular complexity index is 246. The summed E-state index contributed by atoms with van der Waals surface area (Å²) in [4.78, 5) is 0. The summed E-state index contributed by atoms with van der Waals surface area (Å²) in [7, 11) is -5.45. The fraction of sp³-hybridized carbons (Fsp3) is 1.00. The first-order chi connectivity index (χ1) is 6.31. The van der Waals surface area contributed by atoms with Crippen LogP contribution in [0.5, 0.6) is 0 Å². The van der Waals surface area contributed by atoms with Gasteiger partial charge in [-0.05, 0) is 19.3 Å². The number of aliphatic hydroxyl groups excluding tert-OH is 1. The van der Waals surface area contributed by atoms with Crippen LogP contribution < -0.4 is 0 Å². The quantitative estimate of drug-likeness (QED) is 0.425. The molecule has 0 spiro atoms. The van der Waals surface area contributed by atoms with Crippen LogP contribution in [0.1, 0.15) is 19.3 Å². The van der Waals surface area contributed by atoms with Crippen molar-refractivity contribution in [2.24, 2.45) is 0 Å².